The zero-order valence-electron chi connectivity index (χ0n) is 15.6. The maximum Gasteiger partial charge on any atom is 0.336 e. The number of rotatable bonds is 4. The van der Waals surface area contributed by atoms with Crippen LogP contribution in [0.5, 0.6) is 5.75 Å². The van der Waals surface area contributed by atoms with Crippen molar-refractivity contribution in [2.24, 2.45) is 0 Å². The third-order valence-electron chi connectivity index (χ3n) is 5.41. The minimum atomic E-state index is -0.456. The fourth-order valence-electron chi connectivity index (χ4n) is 3.99. The summed E-state index contributed by atoms with van der Waals surface area (Å²) in [5, 5.41) is 11.1. The summed E-state index contributed by atoms with van der Waals surface area (Å²) in [6, 6.07) is 10.1. The molecule has 0 unspecified atom stereocenters. The average Bonchev–Trinajstić information content (AvgIpc) is 3.30. The van der Waals surface area contributed by atoms with Gasteiger partial charge in [-0.3, -0.25) is 4.79 Å². The highest BCUT2D eigenvalue weighted by atomic mass is 16.5. The van der Waals surface area contributed by atoms with Crippen LogP contribution in [-0.2, 0) is 35.4 Å². The highest BCUT2D eigenvalue weighted by Gasteiger charge is 2.17. The molecule has 1 aliphatic rings. The Morgan fingerprint density at radius 1 is 1.00 bits per heavy atom. The first-order chi connectivity index (χ1) is 14.1. The quantitative estimate of drug-likeness (QED) is 0.418. The number of aromatic hydroxyl groups is 1. The van der Waals surface area contributed by atoms with Crippen LogP contribution in [-0.4, -0.2) is 11.1 Å². The Kier molecular flexibility index (Phi) is 4.12. The van der Waals surface area contributed by atoms with Crippen LogP contribution in [0, 0.1) is 0 Å². The molecule has 4 aromatic rings. The molecule has 6 heteroatoms. The van der Waals surface area contributed by atoms with E-state index < -0.39 is 11.6 Å². The van der Waals surface area contributed by atoms with E-state index in [1.165, 1.54) is 29.5 Å². The number of benzene rings is 2. The van der Waals surface area contributed by atoms with Gasteiger partial charge in [-0.25, -0.2) is 4.79 Å². The number of hydrogen-bond acceptors (Lipinski definition) is 6. The van der Waals surface area contributed by atoms with Crippen molar-refractivity contribution < 1.29 is 23.5 Å². The molecule has 0 radical (unpaired) electrons. The largest absolute Gasteiger partial charge is 0.508 e. The number of carbonyl (C=O) groups excluding carboxylic acids is 1. The molecule has 0 bridgehead atoms. The van der Waals surface area contributed by atoms with Gasteiger partial charge in [0.25, 0.3) is 0 Å². The lowest BCUT2D eigenvalue weighted by molar-refractivity contribution is -0.144. The Hall–Kier alpha value is -3.54. The Bertz CT molecular complexity index is 1310. The molecule has 1 N–H and O–H groups in total. The second-order valence-electron chi connectivity index (χ2n) is 7.34. The topological polar surface area (TPSA) is 89.9 Å². The van der Waals surface area contributed by atoms with Crippen molar-refractivity contribution in [2.75, 3.05) is 0 Å². The molecule has 2 aromatic heterocycles. The maximum atomic E-state index is 12.4. The molecule has 29 heavy (non-hydrogen) atoms. The number of aryl methyl sites for hydroxylation is 2. The van der Waals surface area contributed by atoms with Crippen molar-refractivity contribution in [3.8, 4) is 5.75 Å². The normalized spacial score (nSPS) is 13.1. The molecule has 0 saturated carbocycles. The second kappa shape index (κ2) is 6.81. The minimum absolute atomic E-state index is 0.00368. The van der Waals surface area contributed by atoms with E-state index in [-0.39, 0.29) is 18.8 Å². The molecule has 0 atom stereocenters. The predicted molar refractivity (Wildman–Crippen MR) is 106 cm³/mol. The Morgan fingerprint density at radius 3 is 2.69 bits per heavy atom. The summed E-state index contributed by atoms with van der Waals surface area (Å²) in [7, 11) is 0. The van der Waals surface area contributed by atoms with Crippen LogP contribution in [0.2, 0.25) is 0 Å². The van der Waals surface area contributed by atoms with Crippen LogP contribution in [0.15, 0.2) is 56.3 Å². The van der Waals surface area contributed by atoms with Crippen LogP contribution in [0.4, 0.5) is 0 Å². The smallest absolute Gasteiger partial charge is 0.336 e. The molecule has 0 amide bonds. The number of phenols is 1. The van der Waals surface area contributed by atoms with Crippen LogP contribution in [0.3, 0.4) is 0 Å². The number of ether oxygens (including phenoxy) is 1. The predicted octanol–water partition coefficient (Wildman–Crippen LogP) is 4.02. The van der Waals surface area contributed by atoms with Gasteiger partial charge in [-0.05, 0) is 54.7 Å². The van der Waals surface area contributed by atoms with Gasteiger partial charge in [-0.1, -0.05) is 0 Å². The lowest BCUT2D eigenvalue weighted by atomic mass is 10.0. The van der Waals surface area contributed by atoms with Gasteiger partial charge < -0.3 is 18.7 Å². The Morgan fingerprint density at radius 2 is 1.83 bits per heavy atom. The van der Waals surface area contributed by atoms with Crippen molar-refractivity contribution >= 4 is 27.9 Å². The Labute approximate surface area is 165 Å². The van der Waals surface area contributed by atoms with Gasteiger partial charge in [-0.2, -0.15) is 0 Å². The molecule has 1 aliphatic carbocycles. The van der Waals surface area contributed by atoms with Crippen LogP contribution in [0.1, 0.15) is 28.7 Å². The molecule has 5 rings (SSSR count). The second-order valence-corrected chi connectivity index (χ2v) is 7.34. The first-order valence-corrected chi connectivity index (χ1v) is 9.50. The van der Waals surface area contributed by atoms with E-state index >= 15 is 0 Å². The molecule has 0 aliphatic heterocycles. The van der Waals surface area contributed by atoms with Crippen LogP contribution >= 0.6 is 0 Å². The summed E-state index contributed by atoms with van der Waals surface area (Å²) in [6.45, 7) is -0.00368. The minimum Gasteiger partial charge on any atom is -0.508 e. The zero-order valence-corrected chi connectivity index (χ0v) is 15.6. The summed E-state index contributed by atoms with van der Waals surface area (Å²) >= 11 is 0. The van der Waals surface area contributed by atoms with Crippen molar-refractivity contribution in [3.63, 3.8) is 0 Å². The number of phenolic OH excluding ortho intramolecular Hbond substituents is 1. The number of esters is 1. The van der Waals surface area contributed by atoms with E-state index in [2.05, 4.69) is 0 Å². The summed E-state index contributed by atoms with van der Waals surface area (Å²) in [4.78, 5) is 24.3. The molecule has 6 nitrogen and oxygen atoms in total. The van der Waals surface area contributed by atoms with Crippen molar-refractivity contribution in [3.05, 3.63) is 75.3 Å². The van der Waals surface area contributed by atoms with Crippen molar-refractivity contribution in [2.45, 2.75) is 32.3 Å². The van der Waals surface area contributed by atoms with Crippen molar-refractivity contribution in [1.82, 2.24) is 0 Å². The third-order valence-corrected chi connectivity index (χ3v) is 5.41. The van der Waals surface area contributed by atoms with Gasteiger partial charge in [0.1, 0.15) is 23.5 Å². The van der Waals surface area contributed by atoms with E-state index in [1.807, 2.05) is 12.1 Å². The standard InChI is InChI=1S/C23H18O6/c24-17-4-5-18-15(11-27-20(18)10-17)8-22(25)28-12-16-9-23(26)29-21-7-14-3-1-2-13(14)6-19(16)21/h4-7,9-11,24H,1-3,8,12H2. The lowest BCUT2D eigenvalue weighted by Gasteiger charge is -2.09. The summed E-state index contributed by atoms with van der Waals surface area (Å²) < 4.78 is 16.2. The first kappa shape index (κ1) is 17.6. The van der Waals surface area contributed by atoms with Gasteiger partial charge in [0.05, 0.1) is 12.7 Å². The highest BCUT2D eigenvalue weighted by molar-refractivity contribution is 5.87. The van der Waals surface area contributed by atoms with E-state index in [0.29, 0.717) is 22.3 Å². The summed E-state index contributed by atoms with van der Waals surface area (Å²) in [5.74, 6) is -0.328. The summed E-state index contributed by atoms with van der Waals surface area (Å²) in [6.07, 6.45) is 4.61. The maximum absolute atomic E-state index is 12.4. The number of fused-ring (bicyclic) bond motifs is 3. The molecule has 0 fully saturated rings. The summed E-state index contributed by atoms with van der Waals surface area (Å²) in [5.41, 5.74) is 4.38. The molecular weight excluding hydrogens is 372 g/mol. The van der Waals surface area contributed by atoms with Gasteiger partial charge in [0.2, 0.25) is 0 Å². The highest BCUT2D eigenvalue weighted by Crippen LogP contribution is 2.29. The van der Waals surface area contributed by atoms with Gasteiger partial charge in [0, 0.05) is 34.0 Å². The number of hydrogen-bond donors (Lipinski definition) is 1. The lowest BCUT2D eigenvalue weighted by Crippen LogP contribution is -2.10. The third kappa shape index (κ3) is 3.27. The van der Waals surface area contributed by atoms with E-state index in [4.69, 9.17) is 13.6 Å². The average molecular weight is 390 g/mol. The van der Waals surface area contributed by atoms with Gasteiger partial charge in [0.15, 0.2) is 0 Å². The monoisotopic (exact) mass is 390 g/mol. The van der Waals surface area contributed by atoms with Crippen molar-refractivity contribution in [1.29, 1.82) is 0 Å². The van der Waals surface area contributed by atoms with E-state index in [0.717, 1.165) is 30.0 Å². The first-order valence-electron chi connectivity index (χ1n) is 9.50. The van der Waals surface area contributed by atoms with Crippen LogP contribution in [0.25, 0.3) is 21.9 Å². The molecule has 2 heterocycles. The molecular formula is C23H18O6. The fraction of sp³-hybridized carbons (Fsp3) is 0.217. The van der Waals surface area contributed by atoms with Crippen LogP contribution < -0.4 is 5.63 Å². The SMILES string of the molecule is O=C(Cc1coc2cc(O)ccc12)OCc1cc(=O)oc2cc3c(cc12)CCC3. The molecule has 146 valence electrons. The van der Waals surface area contributed by atoms with Gasteiger partial charge in [-0.15, -0.1) is 0 Å². The molecule has 0 spiro atoms. The number of carbonyl (C=O) groups is 1. The Balaban J connectivity index is 1.37. The number of furan rings is 1. The zero-order chi connectivity index (χ0) is 20.0. The molecule has 2 aromatic carbocycles. The van der Waals surface area contributed by atoms with E-state index in [1.54, 1.807) is 12.1 Å². The molecule has 0 saturated heterocycles. The van der Waals surface area contributed by atoms with Gasteiger partial charge >= 0.3 is 11.6 Å². The van der Waals surface area contributed by atoms with E-state index in [9.17, 15) is 14.7 Å². The fourth-order valence-corrected chi connectivity index (χ4v) is 3.99.